The molecule has 11 heavy (non-hydrogen) atoms. The Bertz CT molecular complexity index is 153. The van der Waals surface area contributed by atoms with E-state index in [9.17, 15) is 4.79 Å². The van der Waals surface area contributed by atoms with Crippen LogP contribution in [-0.4, -0.2) is 24.3 Å². The Morgan fingerprint density at radius 3 is 2.45 bits per heavy atom. The fraction of sp³-hybridized carbons (Fsp3) is 0.875. The van der Waals surface area contributed by atoms with Gasteiger partial charge in [-0.25, -0.2) is 0 Å². The quantitative estimate of drug-likeness (QED) is 0.565. The van der Waals surface area contributed by atoms with Gasteiger partial charge in [0.15, 0.2) is 5.79 Å². The maximum Gasteiger partial charge on any atom is 0.163 e. The van der Waals surface area contributed by atoms with Gasteiger partial charge < -0.3 is 14.3 Å². The predicted molar refractivity (Wildman–Crippen MR) is 40.2 cm³/mol. The van der Waals surface area contributed by atoms with Crippen LogP contribution in [0.1, 0.15) is 27.2 Å². The van der Waals surface area contributed by atoms with Crippen LogP contribution in [0.25, 0.3) is 0 Å². The molecule has 0 N–H and O–H groups in total. The molecule has 0 spiro atoms. The van der Waals surface area contributed by atoms with Crippen molar-refractivity contribution in [1.82, 2.24) is 0 Å². The third-order valence-corrected chi connectivity index (χ3v) is 1.76. The minimum atomic E-state index is -0.521. The molecule has 0 aromatic carbocycles. The van der Waals surface area contributed by atoms with E-state index in [1.165, 1.54) is 0 Å². The van der Waals surface area contributed by atoms with Crippen LogP contribution in [0, 0.1) is 0 Å². The number of hydrogen-bond acceptors (Lipinski definition) is 3. The van der Waals surface area contributed by atoms with Crippen LogP contribution in [0.2, 0.25) is 0 Å². The smallest absolute Gasteiger partial charge is 0.163 e. The van der Waals surface area contributed by atoms with Gasteiger partial charge in [0.25, 0.3) is 0 Å². The van der Waals surface area contributed by atoms with E-state index in [2.05, 4.69) is 0 Å². The third kappa shape index (κ3) is 2.01. The lowest BCUT2D eigenvalue weighted by Crippen LogP contribution is -2.21. The van der Waals surface area contributed by atoms with E-state index in [1.54, 1.807) is 0 Å². The lowest BCUT2D eigenvalue weighted by atomic mass is 10.2. The average molecular weight is 158 g/mol. The Labute approximate surface area is 66.7 Å². The summed E-state index contributed by atoms with van der Waals surface area (Å²) in [6, 6.07) is 0. The van der Waals surface area contributed by atoms with Crippen LogP contribution in [-0.2, 0) is 14.3 Å². The molecule has 1 aliphatic rings. The first kappa shape index (κ1) is 8.68. The van der Waals surface area contributed by atoms with Crippen LogP contribution in [0.4, 0.5) is 0 Å². The Balaban J connectivity index is 2.51. The van der Waals surface area contributed by atoms with Gasteiger partial charge in [0, 0.05) is 6.42 Å². The van der Waals surface area contributed by atoms with Gasteiger partial charge >= 0.3 is 0 Å². The topological polar surface area (TPSA) is 35.5 Å². The number of aldehydes is 1. The van der Waals surface area contributed by atoms with Crippen LogP contribution < -0.4 is 0 Å². The molecule has 0 radical (unpaired) electrons. The molecular weight excluding hydrogens is 144 g/mol. The maximum absolute atomic E-state index is 10.2. The van der Waals surface area contributed by atoms with Crippen LogP contribution in [0.5, 0.6) is 0 Å². The molecule has 1 aliphatic heterocycles. The van der Waals surface area contributed by atoms with Crippen molar-refractivity contribution in [1.29, 1.82) is 0 Å². The molecule has 2 unspecified atom stereocenters. The van der Waals surface area contributed by atoms with Gasteiger partial charge in [-0.15, -0.1) is 0 Å². The molecule has 1 heterocycles. The Morgan fingerprint density at radius 2 is 2.09 bits per heavy atom. The van der Waals surface area contributed by atoms with Crippen LogP contribution in [0.15, 0.2) is 0 Å². The Morgan fingerprint density at radius 1 is 1.45 bits per heavy atom. The zero-order valence-electron chi connectivity index (χ0n) is 7.16. The van der Waals surface area contributed by atoms with Gasteiger partial charge in [-0.3, -0.25) is 0 Å². The van der Waals surface area contributed by atoms with Gasteiger partial charge in [-0.05, 0) is 20.8 Å². The van der Waals surface area contributed by atoms with E-state index in [0.717, 1.165) is 6.29 Å². The summed E-state index contributed by atoms with van der Waals surface area (Å²) in [6.45, 7) is 5.63. The molecule has 0 aromatic heterocycles. The second-order valence-corrected chi connectivity index (χ2v) is 3.28. The molecule has 0 aromatic rings. The van der Waals surface area contributed by atoms with Gasteiger partial charge in [0.1, 0.15) is 6.29 Å². The van der Waals surface area contributed by atoms with E-state index >= 15 is 0 Å². The lowest BCUT2D eigenvalue weighted by Gasteiger charge is -2.16. The van der Waals surface area contributed by atoms with Crippen LogP contribution in [0.3, 0.4) is 0 Å². The highest BCUT2D eigenvalue weighted by Gasteiger charge is 2.37. The molecule has 1 rings (SSSR count). The zero-order chi connectivity index (χ0) is 8.48. The molecule has 0 bridgehead atoms. The summed E-state index contributed by atoms with van der Waals surface area (Å²) in [4.78, 5) is 10.2. The summed E-state index contributed by atoms with van der Waals surface area (Å²) in [6.07, 6.45) is 1.24. The summed E-state index contributed by atoms with van der Waals surface area (Å²) >= 11 is 0. The van der Waals surface area contributed by atoms with E-state index in [1.807, 2.05) is 20.8 Å². The van der Waals surface area contributed by atoms with E-state index in [-0.39, 0.29) is 12.2 Å². The minimum absolute atomic E-state index is 0.0233. The molecule has 3 heteroatoms. The molecule has 0 amide bonds. The van der Waals surface area contributed by atoms with Crippen molar-refractivity contribution in [2.75, 3.05) is 0 Å². The first-order valence-corrected chi connectivity index (χ1v) is 3.84. The van der Waals surface area contributed by atoms with E-state index < -0.39 is 5.79 Å². The summed E-state index contributed by atoms with van der Waals surface area (Å²) in [5.74, 6) is -0.521. The standard InChI is InChI=1S/C8H14O3/c1-6-7(4-5-9)11-8(2,3)10-6/h5-7H,4H2,1-3H3. The predicted octanol–water partition coefficient (Wildman–Crippen LogP) is 1.12. The van der Waals surface area contributed by atoms with Crippen molar-refractivity contribution >= 4 is 6.29 Å². The van der Waals surface area contributed by atoms with Gasteiger partial charge in [-0.1, -0.05) is 0 Å². The van der Waals surface area contributed by atoms with Gasteiger partial charge in [0.05, 0.1) is 12.2 Å². The summed E-state index contributed by atoms with van der Waals surface area (Å²) in [5.41, 5.74) is 0. The monoisotopic (exact) mass is 158 g/mol. The highest BCUT2D eigenvalue weighted by Crippen LogP contribution is 2.28. The van der Waals surface area contributed by atoms with Gasteiger partial charge in [0.2, 0.25) is 0 Å². The fourth-order valence-corrected chi connectivity index (χ4v) is 1.35. The van der Waals surface area contributed by atoms with Crippen molar-refractivity contribution in [3.05, 3.63) is 0 Å². The van der Waals surface area contributed by atoms with E-state index in [0.29, 0.717) is 6.42 Å². The SMILES string of the molecule is CC1OC(C)(C)OC1CC=O. The molecule has 64 valence electrons. The van der Waals surface area contributed by atoms with Crippen molar-refractivity contribution in [2.24, 2.45) is 0 Å². The number of hydrogen-bond donors (Lipinski definition) is 0. The van der Waals surface area contributed by atoms with Crippen molar-refractivity contribution in [3.8, 4) is 0 Å². The highest BCUT2D eigenvalue weighted by atomic mass is 16.7. The maximum atomic E-state index is 10.2. The van der Waals surface area contributed by atoms with Crippen molar-refractivity contribution < 1.29 is 14.3 Å². The average Bonchev–Trinajstić information content (AvgIpc) is 2.07. The molecular formula is C8H14O3. The number of ether oxygens (including phenoxy) is 2. The molecule has 2 atom stereocenters. The normalized spacial score (nSPS) is 35.5. The fourth-order valence-electron chi connectivity index (χ4n) is 1.35. The third-order valence-electron chi connectivity index (χ3n) is 1.76. The van der Waals surface area contributed by atoms with Crippen molar-refractivity contribution in [3.63, 3.8) is 0 Å². The Kier molecular flexibility index (Phi) is 2.30. The lowest BCUT2D eigenvalue weighted by molar-refractivity contribution is -0.145. The molecule has 0 saturated carbocycles. The number of carbonyl (C=O) groups excluding carboxylic acids is 1. The van der Waals surface area contributed by atoms with E-state index in [4.69, 9.17) is 9.47 Å². The second kappa shape index (κ2) is 2.91. The second-order valence-electron chi connectivity index (χ2n) is 3.28. The zero-order valence-corrected chi connectivity index (χ0v) is 7.16. The first-order valence-electron chi connectivity index (χ1n) is 3.84. The first-order chi connectivity index (χ1) is 5.05. The number of rotatable bonds is 2. The molecule has 3 nitrogen and oxygen atoms in total. The largest absolute Gasteiger partial charge is 0.345 e. The van der Waals surface area contributed by atoms with Crippen molar-refractivity contribution in [2.45, 2.75) is 45.2 Å². The summed E-state index contributed by atoms with van der Waals surface area (Å²) in [5, 5.41) is 0. The highest BCUT2D eigenvalue weighted by molar-refractivity contribution is 5.50. The minimum Gasteiger partial charge on any atom is -0.345 e. The summed E-state index contributed by atoms with van der Waals surface area (Å²) < 4.78 is 10.9. The number of carbonyl (C=O) groups is 1. The summed E-state index contributed by atoms with van der Waals surface area (Å²) in [7, 11) is 0. The Hall–Kier alpha value is -0.410. The van der Waals surface area contributed by atoms with Gasteiger partial charge in [-0.2, -0.15) is 0 Å². The molecule has 0 aliphatic carbocycles. The van der Waals surface area contributed by atoms with Crippen LogP contribution >= 0.6 is 0 Å². The molecule has 1 fully saturated rings. The molecule has 1 saturated heterocycles.